The second-order valence-electron chi connectivity index (χ2n) is 7.73. The Morgan fingerprint density at radius 1 is 1.12 bits per heavy atom. The van der Waals surface area contributed by atoms with Gasteiger partial charge in [0.05, 0.1) is 5.52 Å². The number of carbonyl (C=O) groups excluding carboxylic acids is 1. The van der Waals surface area contributed by atoms with E-state index in [9.17, 15) is 4.79 Å². The maximum absolute atomic E-state index is 12.4. The fraction of sp³-hybridized carbons (Fsp3) is 0.545. The maximum Gasteiger partial charge on any atom is 0.222 e. The molecule has 4 heteroatoms. The third kappa shape index (κ3) is 3.55. The molecule has 2 aromatic rings. The number of pyridine rings is 1. The van der Waals surface area contributed by atoms with Crippen LogP contribution < -0.4 is 4.90 Å². The second kappa shape index (κ2) is 7.65. The number of aromatic nitrogens is 1. The number of hydrogen-bond donors (Lipinski definition) is 0. The number of hydrogen-bond acceptors (Lipinski definition) is 3. The number of piperidine rings is 1. The number of anilines is 1. The quantitative estimate of drug-likeness (QED) is 0.834. The summed E-state index contributed by atoms with van der Waals surface area (Å²) in [7, 11) is 0. The SMILES string of the molecule is CCc1cc(N2CCC(CC(=O)N3CCCC3)CC2)c2ccccc2n1. The molecule has 1 aromatic carbocycles. The normalized spacial score (nSPS) is 18.7. The molecule has 4 nitrogen and oxygen atoms in total. The molecule has 2 saturated heterocycles. The van der Waals surface area contributed by atoms with Crippen LogP contribution in [-0.4, -0.2) is 42.0 Å². The summed E-state index contributed by atoms with van der Waals surface area (Å²) in [6, 6.07) is 10.7. The first-order valence-electron chi connectivity index (χ1n) is 10.2. The number of carbonyl (C=O) groups is 1. The molecule has 2 fully saturated rings. The van der Waals surface area contributed by atoms with Crippen LogP contribution in [0.2, 0.25) is 0 Å². The summed E-state index contributed by atoms with van der Waals surface area (Å²) in [5, 5.41) is 1.25. The molecule has 1 amide bonds. The Morgan fingerprint density at radius 3 is 2.58 bits per heavy atom. The average Bonchev–Trinajstić information content (AvgIpc) is 3.23. The van der Waals surface area contributed by atoms with Gasteiger partial charge in [0.2, 0.25) is 5.91 Å². The van der Waals surface area contributed by atoms with E-state index < -0.39 is 0 Å². The van der Waals surface area contributed by atoms with Crippen LogP contribution in [0.1, 0.15) is 44.7 Å². The van der Waals surface area contributed by atoms with Crippen LogP contribution >= 0.6 is 0 Å². The zero-order valence-corrected chi connectivity index (χ0v) is 15.8. The van der Waals surface area contributed by atoms with Gasteiger partial charge in [-0.05, 0) is 50.2 Å². The third-order valence-corrected chi connectivity index (χ3v) is 5.99. The van der Waals surface area contributed by atoms with Crippen LogP contribution in [0.5, 0.6) is 0 Å². The number of likely N-dealkylation sites (tertiary alicyclic amines) is 1. The topological polar surface area (TPSA) is 36.4 Å². The molecule has 0 atom stereocenters. The number of para-hydroxylation sites is 1. The van der Waals surface area contributed by atoms with Gasteiger partial charge in [0, 0.05) is 49.4 Å². The highest BCUT2D eigenvalue weighted by molar-refractivity contribution is 5.92. The highest BCUT2D eigenvalue weighted by atomic mass is 16.2. The van der Waals surface area contributed by atoms with E-state index in [2.05, 4.69) is 47.1 Å². The summed E-state index contributed by atoms with van der Waals surface area (Å²) in [5.74, 6) is 0.918. The van der Waals surface area contributed by atoms with E-state index in [1.54, 1.807) is 0 Å². The van der Waals surface area contributed by atoms with Crippen molar-refractivity contribution in [3.63, 3.8) is 0 Å². The smallest absolute Gasteiger partial charge is 0.222 e. The lowest BCUT2D eigenvalue weighted by atomic mass is 9.92. The molecule has 138 valence electrons. The van der Waals surface area contributed by atoms with Gasteiger partial charge in [0.15, 0.2) is 0 Å². The lowest BCUT2D eigenvalue weighted by Crippen LogP contribution is -2.36. The Balaban J connectivity index is 1.44. The first-order chi connectivity index (χ1) is 12.7. The van der Waals surface area contributed by atoms with Gasteiger partial charge in [0.1, 0.15) is 0 Å². The fourth-order valence-corrected chi connectivity index (χ4v) is 4.37. The van der Waals surface area contributed by atoms with Gasteiger partial charge in [-0.3, -0.25) is 9.78 Å². The predicted molar refractivity (Wildman–Crippen MR) is 106 cm³/mol. The minimum Gasteiger partial charge on any atom is -0.371 e. The van der Waals surface area contributed by atoms with E-state index in [0.29, 0.717) is 11.8 Å². The number of aryl methyl sites for hydroxylation is 1. The number of fused-ring (bicyclic) bond motifs is 1. The molecular weight excluding hydrogens is 322 g/mol. The lowest BCUT2D eigenvalue weighted by Gasteiger charge is -2.34. The standard InChI is InChI=1S/C22H29N3O/c1-2-18-16-21(19-7-3-4-8-20(19)23-18)24-13-9-17(10-14-24)15-22(26)25-11-5-6-12-25/h3-4,7-8,16-17H,2,5-6,9-15H2,1H3. The van der Waals surface area contributed by atoms with Crippen molar-refractivity contribution in [3.05, 3.63) is 36.0 Å². The molecule has 2 aliphatic heterocycles. The van der Waals surface area contributed by atoms with Crippen molar-refractivity contribution < 1.29 is 4.79 Å². The predicted octanol–water partition coefficient (Wildman–Crippen LogP) is 4.03. The largest absolute Gasteiger partial charge is 0.371 e. The molecule has 4 rings (SSSR count). The van der Waals surface area contributed by atoms with Crippen LogP contribution in [0, 0.1) is 5.92 Å². The lowest BCUT2D eigenvalue weighted by molar-refractivity contribution is -0.131. The van der Waals surface area contributed by atoms with E-state index >= 15 is 0 Å². The first kappa shape index (κ1) is 17.3. The average molecular weight is 351 g/mol. The van der Waals surface area contributed by atoms with Crippen molar-refractivity contribution in [2.75, 3.05) is 31.1 Å². The monoisotopic (exact) mass is 351 g/mol. The van der Waals surface area contributed by atoms with E-state index in [0.717, 1.165) is 63.1 Å². The van der Waals surface area contributed by atoms with Gasteiger partial charge in [-0.2, -0.15) is 0 Å². The Bertz CT molecular complexity index is 774. The molecule has 3 heterocycles. The highest BCUT2D eigenvalue weighted by Gasteiger charge is 2.26. The summed E-state index contributed by atoms with van der Waals surface area (Å²) in [6.07, 6.45) is 6.28. The molecule has 0 saturated carbocycles. The highest BCUT2D eigenvalue weighted by Crippen LogP contribution is 2.31. The Morgan fingerprint density at radius 2 is 1.85 bits per heavy atom. The molecule has 26 heavy (non-hydrogen) atoms. The van der Waals surface area contributed by atoms with Crippen molar-refractivity contribution in [1.29, 1.82) is 0 Å². The minimum atomic E-state index is 0.378. The van der Waals surface area contributed by atoms with Crippen molar-refractivity contribution in [2.24, 2.45) is 5.92 Å². The van der Waals surface area contributed by atoms with E-state index in [1.165, 1.54) is 23.9 Å². The second-order valence-corrected chi connectivity index (χ2v) is 7.73. The Kier molecular flexibility index (Phi) is 5.09. The molecule has 0 radical (unpaired) electrons. The van der Waals surface area contributed by atoms with Crippen LogP contribution in [0.3, 0.4) is 0 Å². The molecule has 0 N–H and O–H groups in total. The van der Waals surface area contributed by atoms with Crippen LogP contribution in [0.15, 0.2) is 30.3 Å². The Hall–Kier alpha value is -2.10. The van der Waals surface area contributed by atoms with Crippen molar-refractivity contribution in [1.82, 2.24) is 9.88 Å². The van der Waals surface area contributed by atoms with E-state index in [1.807, 2.05) is 0 Å². The summed E-state index contributed by atoms with van der Waals surface area (Å²) in [6.45, 7) is 6.18. The molecular formula is C22H29N3O. The van der Waals surface area contributed by atoms with Gasteiger partial charge in [-0.15, -0.1) is 0 Å². The van der Waals surface area contributed by atoms with Gasteiger partial charge < -0.3 is 9.80 Å². The zero-order chi connectivity index (χ0) is 17.9. The van der Waals surface area contributed by atoms with Crippen molar-refractivity contribution >= 4 is 22.5 Å². The van der Waals surface area contributed by atoms with E-state index in [-0.39, 0.29) is 0 Å². The van der Waals surface area contributed by atoms with E-state index in [4.69, 9.17) is 4.98 Å². The third-order valence-electron chi connectivity index (χ3n) is 5.99. The van der Waals surface area contributed by atoms with Crippen LogP contribution in [0.25, 0.3) is 10.9 Å². The molecule has 0 unspecified atom stereocenters. The molecule has 0 spiro atoms. The Labute approximate surface area is 156 Å². The van der Waals surface area contributed by atoms with Gasteiger partial charge >= 0.3 is 0 Å². The molecule has 0 aliphatic carbocycles. The van der Waals surface area contributed by atoms with Crippen LogP contribution in [-0.2, 0) is 11.2 Å². The summed E-state index contributed by atoms with van der Waals surface area (Å²) in [5.41, 5.74) is 3.56. The van der Waals surface area contributed by atoms with Crippen molar-refractivity contribution in [2.45, 2.75) is 45.4 Å². The van der Waals surface area contributed by atoms with Gasteiger partial charge in [-0.1, -0.05) is 25.1 Å². The van der Waals surface area contributed by atoms with Crippen LogP contribution in [0.4, 0.5) is 5.69 Å². The molecule has 1 aromatic heterocycles. The number of nitrogens with zero attached hydrogens (tertiary/aromatic N) is 3. The zero-order valence-electron chi connectivity index (χ0n) is 15.8. The summed E-state index contributed by atoms with van der Waals surface area (Å²) >= 11 is 0. The summed E-state index contributed by atoms with van der Waals surface area (Å²) in [4.78, 5) is 21.8. The first-order valence-corrected chi connectivity index (χ1v) is 10.2. The van der Waals surface area contributed by atoms with Gasteiger partial charge in [0.25, 0.3) is 0 Å². The molecule has 0 bridgehead atoms. The number of amides is 1. The maximum atomic E-state index is 12.4. The molecule has 2 aliphatic rings. The summed E-state index contributed by atoms with van der Waals surface area (Å²) < 4.78 is 0. The minimum absolute atomic E-state index is 0.378. The fourth-order valence-electron chi connectivity index (χ4n) is 4.37. The van der Waals surface area contributed by atoms with Crippen molar-refractivity contribution in [3.8, 4) is 0 Å². The number of rotatable bonds is 4. The van der Waals surface area contributed by atoms with Gasteiger partial charge in [-0.25, -0.2) is 0 Å². The number of benzene rings is 1.